The molecule has 2 aromatic rings. The first kappa shape index (κ1) is 20.4. The zero-order valence-electron chi connectivity index (χ0n) is 15.7. The fraction of sp³-hybridized carbons (Fsp3) is 0.400. The third-order valence-corrected chi connectivity index (χ3v) is 4.70. The molecule has 1 saturated heterocycles. The van der Waals surface area contributed by atoms with Crippen molar-refractivity contribution in [1.29, 1.82) is 0 Å². The molecule has 1 amide bonds. The quantitative estimate of drug-likeness (QED) is 0.698. The van der Waals surface area contributed by atoms with Gasteiger partial charge in [-0.1, -0.05) is 23.7 Å². The number of para-hydroxylation sites is 1. The molecule has 1 aliphatic rings. The van der Waals surface area contributed by atoms with Crippen molar-refractivity contribution < 1.29 is 19.4 Å². The second-order valence-electron chi connectivity index (χ2n) is 6.64. The smallest absolute Gasteiger partial charge is 0.254 e. The Morgan fingerprint density at radius 2 is 2.21 bits per heavy atom. The van der Waals surface area contributed by atoms with Crippen LogP contribution in [0.2, 0.25) is 5.02 Å². The number of ether oxygens (including phenoxy) is 2. The van der Waals surface area contributed by atoms with Gasteiger partial charge in [-0.3, -0.25) is 9.69 Å². The number of aliphatic hydroxyl groups excluding tert-OH is 1. The van der Waals surface area contributed by atoms with Crippen molar-refractivity contribution in [3.63, 3.8) is 0 Å². The van der Waals surface area contributed by atoms with Crippen LogP contribution in [0.3, 0.4) is 0 Å². The van der Waals surface area contributed by atoms with Gasteiger partial charge >= 0.3 is 0 Å². The molecule has 2 atom stereocenters. The zero-order valence-corrected chi connectivity index (χ0v) is 16.4. The van der Waals surface area contributed by atoms with Crippen LogP contribution in [0, 0.1) is 0 Å². The van der Waals surface area contributed by atoms with E-state index in [0.717, 1.165) is 13.0 Å². The van der Waals surface area contributed by atoms with Crippen molar-refractivity contribution in [2.75, 3.05) is 33.3 Å². The normalized spacial score (nSPS) is 17.9. The molecule has 1 fully saturated rings. The Morgan fingerprint density at radius 1 is 1.39 bits per heavy atom. The molecule has 1 aromatic carbocycles. The first-order valence-electron chi connectivity index (χ1n) is 9.17. The topological polar surface area (TPSA) is 83.9 Å². The molecule has 28 heavy (non-hydrogen) atoms. The van der Waals surface area contributed by atoms with E-state index < -0.39 is 6.10 Å². The van der Waals surface area contributed by atoms with E-state index in [1.54, 1.807) is 49.6 Å². The fourth-order valence-corrected chi connectivity index (χ4v) is 3.23. The second kappa shape index (κ2) is 9.73. The van der Waals surface area contributed by atoms with E-state index >= 15 is 0 Å². The highest BCUT2D eigenvalue weighted by atomic mass is 35.5. The van der Waals surface area contributed by atoms with Gasteiger partial charge in [-0.25, -0.2) is 4.98 Å². The van der Waals surface area contributed by atoms with Crippen LogP contribution in [0.5, 0.6) is 11.6 Å². The lowest BCUT2D eigenvalue weighted by molar-refractivity contribution is 0.0707. The molecule has 150 valence electrons. The van der Waals surface area contributed by atoms with Crippen molar-refractivity contribution >= 4 is 17.5 Å². The predicted molar refractivity (Wildman–Crippen MR) is 106 cm³/mol. The first-order chi connectivity index (χ1) is 13.5. The summed E-state index contributed by atoms with van der Waals surface area (Å²) < 4.78 is 11.5. The van der Waals surface area contributed by atoms with Crippen LogP contribution < -0.4 is 14.8 Å². The molecular weight excluding hydrogens is 382 g/mol. The summed E-state index contributed by atoms with van der Waals surface area (Å²) in [4.78, 5) is 18.1. The summed E-state index contributed by atoms with van der Waals surface area (Å²) in [7, 11) is 1.57. The Balaban J connectivity index is 1.45. The van der Waals surface area contributed by atoms with Gasteiger partial charge in [0.15, 0.2) is 0 Å². The van der Waals surface area contributed by atoms with Crippen LogP contribution in [0.25, 0.3) is 0 Å². The number of pyridine rings is 1. The van der Waals surface area contributed by atoms with E-state index in [1.165, 1.54) is 0 Å². The maximum absolute atomic E-state index is 11.9. The molecule has 1 aromatic heterocycles. The summed E-state index contributed by atoms with van der Waals surface area (Å²) in [5, 5.41) is 13.5. The highest BCUT2D eigenvalue weighted by Gasteiger charge is 2.26. The van der Waals surface area contributed by atoms with E-state index in [9.17, 15) is 9.90 Å². The maximum atomic E-state index is 11.9. The zero-order chi connectivity index (χ0) is 19.9. The largest absolute Gasteiger partial charge is 0.490 e. The van der Waals surface area contributed by atoms with Gasteiger partial charge in [-0.15, -0.1) is 0 Å². The third kappa shape index (κ3) is 5.58. The minimum absolute atomic E-state index is 0.0239. The van der Waals surface area contributed by atoms with E-state index in [1.807, 2.05) is 0 Å². The number of β-amino-alcohol motifs (C(OH)–C–C–N with tert-alkyl or cyclic N) is 1. The van der Waals surface area contributed by atoms with E-state index in [2.05, 4.69) is 15.2 Å². The van der Waals surface area contributed by atoms with Crippen molar-refractivity contribution in [3.8, 4) is 11.6 Å². The van der Waals surface area contributed by atoms with Gasteiger partial charge in [0.05, 0.1) is 10.6 Å². The van der Waals surface area contributed by atoms with Crippen LogP contribution in [0.4, 0.5) is 0 Å². The summed E-state index contributed by atoms with van der Waals surface area (Å²) in [6.07, 6.45) is 1.76. The summed E-state index contributed by atoms with van der Waals surface area (Å²) in [6.45, 7) is 2.10. The summed E-state index contributed by atoms with van der Waals surface area (Å²) in [6, 6.07) is 10.5. The first-order valence-corrected chi connectivity index (χ1v) is 9.55. The molecule has 3 rings (SSSR count). The number of carbonyl (C=O) groups is 1. The number of hydrogen-bond donors (Lipinski definition) is 2. The molecule has 1 aliphatic heterocycles. The molecule has 2 N–H and O–H groups in total. The van der Waals surface area contributed by atoms with Crippen LogP contribution in [-0.2, 0) is 0 Å². The molecule has 2 heterocycles. The third-order valence-electron chi connectivity index (χ3n) is 4.48. The number of aromatic nitrogens is 1. The average molecular weight is 406 g/mol. The number of aliphatic hydroxyl groups is 1. The number of amides is 1. The minimum Gasteiger partial charge on any atom is -0.490 e. The van der Waals surface area contributed by atoms with Crippen molar-refractivity contribution in [2.24, 2.45) is 0 Å². The summed E-state index contributed by atoms with van der Waals surface area (Å²) >= 11 is 5.83. The molecule has 0 aliphatic carbocycles. The number of halogens is 1. The minimum atomic E-state index is -0.676. The summed E-state index contributed by atoms with van der Waals surface area (Å²) in [5.41, 5.74) is 0.447. The van der Waals surface area contributed by atoms with E-state index in [-0.39, 0.29) is 18.6 Å². The highest BCUT2D eigenvalue weighted by Crippen LogP contribution is 2.20. The molecule has 0 bridgehead atoms. The van der Waals surface area contributed by atoms with Gasteiger partial charge in [0.2, 0.25) is 5.88 Å². The second-order valence-corrected chi connectivity index (χ2v) is 7.08. The fourth-order valence-electron chi connectivity index (χ4n) is 3.11. The molecule has 8 heteroatoms. The Morgan fingerprint density at radius 3 is 2.96 bits per heavy atom. The number of nitrogens with zero attached hydrogens (tertiary/aromatic N) is 2. The van der Waals surface area contributed by atoms with Crippen LogP contribution >= 0.6 is 11.6 Å². The molecule has 0 saturated carbocycles. The number of rotatable bonds is 8. The van der Waals surface area contributed by atoms with E-state index in [4.69, 9.17) is 21.1 Å². The average Bonchev–Trinajstić information content (AvgIpc) is 3.14. The van der Waals surface area contributed by atoms with Gasteiger partial charge in [-0.2, -0.15) is 0 Å². The highest BCUT2D eigenvalue weighted by molar-refractivity contribution is 6.30. The van der Waals surface area contributed by atoms with Gasteiger partial charge in [-0.05, 0) is 24.6 Å². The lowest BCUT2D eigenvalue weighted by Gasteiger charge is -2.21. The van der Waals surface area contributed by atoms with Crippen LogP contribution in [0.1, 0.15) is 16.8 Å². The summed E-state index contributed by atoms with van der Waals surface area (Å²) in [5.74, 6) is 0.781. The molecule has 7 nitrogen and oxygen atoms in total. The Bertz CT molecular complexity index is 787. The lowest BCUT2D eigenvalue weighted by atomic mass is 10.2. The van der Waals surface area contributed by atoms with Crippen LogP contribution in [0.15, 0.2) is 42.6 Å². The van der Waals surface area contributed by atoms with Crippen molar-refractivity contribution in [3.05, 3.63) is 53.2 Å². The SMILES string of the molecule is CNC(=O)c1ccccc1OCC(O)CN1CCC(Oc2ccc(Cl)cn2)C1. The molecular formula is C20H24ClN3O4. The Kier molecular flexibility index (Phi) is 7.08. The Labute approximate surface area is 169 Å². The maximum Gasteiger partial charge on any atom is 0.254 e. The van der Waals surface area contributed by atoms with E-state index in [0.29, 0.717) is 35.3 Å². The van der Waals surface area contributed by atoms with Crippen LogP contribution in [-0.4, -0.2) is 66.4 Å². The molecule has 2 unspecified atom stereocenters. The number of benzene rings is 1. The van der Waals surface area contributed by atoms with Gasteiger partial charge in [0.1, 0.15) is 24.6 Å². The standard InChI is InChI=1S/C20H24ClN3O4/c1-22-20(26)17-4-2-3-5-18(17)27-13-15(25)11-24-9-8-16(12-24)28-19-7-6-14(21)10-23-19/h2-7,10,15-16,25H,8-9,11-13H2,1H3,(H,22,26). The lowest BCUT2D eigenvalue weighted by Crippen LogP contribution is -2.35. The number of hydrogen-bond acceptors (Lipinski definition) is 6. The number of nitrogens with one attached hydrogen (secondary N) is 1. The monoisotopic (exact) mass is 405 g/mol. The van der Waals surface area contributed by atoms with Crippen molar-refractivity contribution in [1.82, 2.24) is 15.2 Å². The van der Waals surface area contributed by atoms with Gasteiger partial charge < -0.3 is 19.9 Å². The Hall–Kier alpha value is -2.35. The molecule has 0 spiro atoms. The van der Waals surface area contributed by atoms with Gasteiger partial charge in [0, 0.05) is 38.9 Å². The predicted octanol–water partition coefficient (Wildman–Crippen LogP) is 1.99. The van der Waals surface area contributed by atoms with Gasteiger partial charge in [0.25, 0.3) is 5.91 Å². The number of carbonyl (C=O) groups excluding carboxylic acids is 1. The molecule has 0 radical (unpaired) electrons. The van der Waals surface area contributed by atoms with Crippen molar-refractivity contribution in [2.45, 2.75) is 18.6 Å². The number of likely N-dealkylation sites (tertiary alicyclic amines) is 1.